The number of hydrogen-bond donors (Lipinski definition) is 0. The molecule has 8 nitrogen and oxygen atoms in total. The number of unbranched alkanes of at least 4 members (excludes halogenated alkanes) is 2. The zero-order valence-corrected chi connectivity index (χ0v) is 23.0. The molecule has 0 bridgehead atoms. The van der Waals surface area contributed by atoms with Gasteiger partial charge in [0.1, 0.15) is 36.6 Å². The summed E-state index contributed by atoms with van der Waals surface area (Å²) in [6.45, 7) is 17.4. The van der Waals surface area contributed by atoms with E-state index in [0.29, 0.717) is 13.2 Å². The third-order valence-electron chi connectivity index (χ3n) is 8.20. The zero-order valence-electron chi connectivity index (χ0n) is 23.0. The van der Waals surface area contributed by atoms with Crippen molar-refractivity contribution in [3.8, 4) is 0 Å². The van der Waals surface area contributed by atoms with Crippen LogP contribution in [0.4, 0.5) is 0 Å². The van der Waals surface area contributed by atoms with E-state index in [4.69, 9.17) is 37.9 Å². The van der Waals surface area contributed by atoms with Gasteiger partial charge in [0, 0.05) is 27.4 Å². The summed E-state index contributed by atoms with van der Waals surface area (Å²) in [4.78, 5) is 0. The van der Waals surface area contributed by atoms with Crippen LogP contribution in [-0.2, 0) is 37.9 Å². The first-order chi connectivity index (χ1) is 15.9. The molecule has 34 heavy (non-hydrogen) atoms. The van der Waals surface area contributed by atoms with Gasteiger partial charge in [0.2, 0.25) is 11.6 Å². The monoisotopic (exact) mass is 488 g/mol. The third-order valence-corrected chi connectivity index (χ3v) is 8.20. The average Bonchev–Trinajstić information content (AvgIpc) is 2.78. The Kier molecular flexibility index (Phi) is 8.79. The van der Waals surface area contributed by atoms with Gasteiger partial charge in [-0.25, -0.2) is 0 Å². The molecule has 0 unspecified atom stereocenters. The molecule has 0 radical (unpaired) electrons. The standard InChI is InChI=1S/C26H48O8/c1-11-13-15-29-17-19-20(32-24(5,6)23(3,4)31-19)18(30-16-14-12-2)22-21(17)33-25(7,27-9)26(8,28-10)34-22/h17-22H,11-16H2,1-10H3/t17-,18+,19-,20-,21+,22+,25-,26-/m0/s1. The van der Waals surface area contributed by atoms with Gasteiger partial charge in [0.25, 0.3) is 0 Å². The minimum atomic E-state index is -1.15. The highest BCUT2D eigenvalue weighted by molar-refractivity contribution is 5.12. The van der Waals surface area contributed by atoms with Crippen molar-refractivity contribution < 1.29 is 37.9 Å². The van der Waals surface area contributed by atoms with Crippen LogP contribution in [0, 0.1) is 0 Å². The molecule has 0 aromatic heterocycles. The van der Waals surface area contributed by atoms with Crippen LogP contribution in [0.3, 0.4) is 0 Å². The highest BCUT2D eigenvalue weighted by Gasteiger charge is 2.67. The van der Waals surface area contributed by atoms with E-state index in [1.54, 1.807) is 14.2 Å². The summed E-state index contributed by atoms with van der Waals surface area (Å²) in [6.07, 6.45) is 1.36. The van der Waals surface area contributed by atoms with Crippen LogP contribution in [0.25, 0.3) is 0 Å². The lowest BCUT2D eigenvalue weighted by Crippen LogP contribution is -2.79. The number of fused-ring (bicyclic) bond motifs is 2. The molecule has 3 aliphatic rings. The van der Waals surface area contributed by atoms with Crippen molar-refractivity contribution in [2.75, 3.05) is 27.4 Å². The van der Waals surface area contributed by atoms with Crippen LogP contribution < -0.4 is 0 Å². The number of ether oxygens (including phenoxy) is 8. The fourth-order valence-corrected chi connectivity index (χ4v) is 4.93. The molecule has 2 heterocycles. The maximum atomic E-state index is 6.76. The number of hydrogen-bond acceptors (Lipinski definition) is 8. The summed E-state index contributed by atoms with van der Waals surface area (Å²) in [7, 11) is 3.20. The van der Waals surface area contributed by atoms with Gasteiger partial charge >= 0.3 is 0 Å². The lowest BCUT2D eigenvalue weighted by molar-refractivity contribution is -0.481. The first-order valence-electron chi connectivity index (χ1n) is 12.9. The smallest absolute Gasteiger partial charge is 0.220 e. The Bertz CT molecular complexity index is 613. The molecule has 3 fully saturated rings. The van der Waals surface area contributed by atoms with E-state index in [1.165, 1.54) is 0 Å². The quantitative estimate of drug-likeness (QED) is 0.423. The van der Waals surface area contributed by atoms with Crippen molar-refractivity contribution in [3.63, 3.8) is 0 Å². The van der Waals surface area contributed by atoms with Gasteiger partial charge in [-0.05, 0) is 54.4 Å². The first-order valence-corrected chi connectivity index (χ1v) is 12.9. The molecule has 2 saturated heterocycles. The van der Waals surface area contributed by atoms with Crippen molar-refractivity contribution in [2.24, 2.45) is 0 Å². The zero-order chi connectivity index (χ0) is 25.4. The Morgan fingerprint density at radius 3 is 1.18 bits per heavy atom. The molecule has 3 rings (SSSR count). The maximum Gasteiger partial charge on any atom is 0.220 e. The molecule has 1 saturated carbocycles. The minimum Gasteiger partial charge on any atom is -0.373 e. The van der Waals surface area contributed by atoms with Gasteiger partial charge < -0.3 is 37.9 Å². The lowest BCUT2D eigenvalue weighted by Gasteiger charge is -2.62. The van der Waals surface area contributed by atoms with E-state index >= 15 is 0 Å². The molecule has 0 aromatic rings. The maximum absolute atomic E-state index is 6.76. The highest BCUT2D eigenvalue weighted by atomic mass is 16.8. The van der Waals surface area contributed by atoms with E-state index < -0.39 is 47.2 Å². The Hall–Kier alpha value is -0.320. The lowest BCUT2D eigenvalue weighted by atomic mass is 9.78. The van der Waals surface area contributed by atoms with Gasteiger partial charge in [0.15, 0.2) is 0 Å². The molecular weight excluding hydrogens is 440 g/mol. The molecule has 8 heteroatoms. The van der Waals surface area contributed by atoms with E-state index in [0.717, 1.165) is 25.7 Å². The van der Waals surface area contributed by atoms with Crippen LogP contribution in [-0.4, -0.2) is 86.8 Å². The van der Waals surface area contributed by atoms with Crippen LogP contribution >= 0.6 is 0 Å². The molecule has 0 amide bonds. The second-order valence-corrected chi connectivity index (χ2v) is 11.0. The summed E-state index contributed by atoms with van der Waals surface area (Å²) in [5.74, 6) is -2.30. The molecule has 0 aromatic carbocycles. The van der Waals surface area contributed by atoms with Gasteiger partial charge in [-0.15, -0.1) is 0 Å². The largest absolute Gasteiger partial charge is 0.373 e. The van der Waals surface area contributed by atoms with Crippen molar-refractivity contribution in [2.45, 2.75) is 140 Å². The Labute approximate surface area is 206 Å². The summed E-state index contributed by atoms with van der Waals surface area (Å²) >= 11 is 0. The van der Waals surface area contributed by atoms with Crippen molar-refractivity contribution in [1.82, 2.24) is 0 Å². The highest BCUT2D eigenvalue weighted by Crippen LogP contribution is 2.50. The fraction of sp³-hybridized carbons (Fsp3) is 1.00. The molecule has 8 atom stereocenters. The molecule has 2 aliphatic heterocycles. The first kappa shape index (κ1) is 28.3. The van der Waals surface area contributed by atoms with Gasteiger partial charge in [-0.2, -0.15) is 0 Å². The van der Waals surface area contributed by atoms with Gasteiger partial charge in [0.05, 0.1) is 11.2 Å². The predicted octanol–water partition coefficient (Wildman–Crippen LogP) is 4.22. The van der Waals surface area contributed by atoms with Crippen LogP contribution in [0.1, 0.15) is 81.1 Å². The topological polar surface area (TPSA) is 73.8 Å². The van der Waals surface area contributed by atoms with Crippen LogP contribution in [0.2, 0.25) is 0 Å². The van der Waals surface area contributed by atoms with Crippen molar-refractivity contribution >= 4 is 0 Å². The second kappa shape index (κ2) is 10.6. The fourth-order valence-electron chi connectivity index (χ4n) is 4.93. The van der Waals surface area contributed by atoms with Gasteiger partial charge in [-0.1, -0.05) is 26.7 Å². The third kappa shape index (κ3) is 4.94. The van der Waals surface area contributed by atoms with Crippen molar-refractivity contribution in [3.05, 3.63) is 0 Å². The van der Waals surface area contributed by atoms with E-state index in [9.17, 15) is 0 Å². The normalized spacial score (nSPS) is 43.2. The van der Waals surface area contributed by atoms with Crippen LogP contribution in [0.15, 0.2) is 0 Å². The molecule has 0 spiro atoms. The van der Waals surface area contributed by atoms with E-state index in [-0.39, 0.29) is 12.2 Å². The predicted molar refractivity (Wildman–Crippen MR) is 128 cm³/mol. The molecule has 1 aliphatic carbocycles. The van der Waals surface area contributed by atoms with Crippen molar-refractivity contribution in [1.29, 1.82) is 0 Å². The summed E-state index contributed by atoms with van der Waals surface area (Å²) in [6, 6.07) is 0. The summed E-state index contributed by atoms with van der Waals surface area (Å²) in [5, 5.41) is 0. The Morgan fingerprint density at radius 2 is 0.882 bits per heavy atom. The van der Waals surface area contributed by atoms with E-state index in [1.807, 2.05) is 13.8 Å². The summed E-state index contributed by atoms with van der Waals surface area (Å²) < 4.78 is 51.4. The summed E-state index contributed by atoms with van der Waals surface area (Å²) in [5.41, 5.74) is -1.08. The molecule has 0 N–H and O–H groups in total. The molecule has 200 valence electrons. The van der Waals surface area contributed by atoms with E-state index in [2.05, 4.69) is 41.5 Å². The Balaban J connectivity index is 2.04. The van der Waals surface area contributed by atoms with Gasteiger partial charge in [-0.3, -0.25) is 0 Å². The Morgan fingerprint density at radius 1 is 0.559 bits per heavy atom. The number of rotatable bonds is 10. The van der Waals surface area contributed by atoms with Crippen LogP contribution in [0.5, 0.6) is 0 Å². The SMILES string of the molecule is CCCCO[C@@H]1[C@@H]2OC(C)(C)C(C)(C)O[C@H]2[C@H](OCCCC)[C@H]2O[C@](C)(OC)[C@@](C)(OC)O[C@H]12. The average molecular weight is 489 g/mol. The molecular formula is C26H48O8. The minimum absolute atomic E-state index is 0.385. The second-order valence-electron chi connectivity index (χ2n) is 11.0. The number of methoxy groups -OCH3 is 2.